The monoisotopic (exact) mass is 187 g/mol. The summed E-state index contributed by atoms with van der Waals surface area (Å²) in [5.74, 6) is 0.622. The normalized spacial score (nSPS) is 28.4. The van der Waals surface area contributed by atoms with Crippen LogP contribution < -0.4 is 0 Å². The van der Waals surface area contributed by atoms with Crippen molar-refractivity contribution in [3.05, 3.63) is 0 Å². The average Bonchev–Trinajstić information content (AvgIpc) is 2.26. The van der Waals surface area contributed by atoms with E-state index in [9.17, 15) is 0 Å². The van der Waals surface area contributed by atoms with Crippen molar-refractivity contribution < 1.29 is 9.84 Å². The number of aliphatic hydroxyl groups excluding tert-OH is 1. The van der Waals surface area contributed by atoms with Gasteiger partial charge in [0, 0.05) is 19.6 Å². The zero-order valence-corrected chi connectivity index (χ0v) is 8.70. The number of hydrogen-bond acceptors (Lipinski definition) is 3. The molecule has 1 saturated heterocycles. The number of hydrogen-bond donors (Lipinski definition) is 1. The molecule has 3 heteroatoms. The van der Waals surface area contributed by atoms with Crippen LogP contribution in [0.2, 0.25) is 0 Å². The summed E-state index contributed by atoms with van der Waals surface area (Å²) in [6, 6.07) is 0. The van der Waals surface area contributed by atoms with Gasteiger partial charge >= 0.3 is 0 Å². The van der Waals surface area contributed by atoms with Crippen LogP contribution in [0.5, 0.6) is 0 Å². The second-order valence-electron chi connectivity index (χ2n) is 4.12. The van der Waals surface area contributed by atoms with E-state index in [1.807, 2.05) is 6.92 Å². The third kappa shape index (κ3) is 4.60. The molecule has 0 spiro atoms. The topological polar surface area (TPSA) is 32.7 Å². The second-order valence-corrected chi connectivity index (χ2v) is 4.12. The van der Waals surface area contributed by atoms with Crippen LogP contribution in [-0.2, 0) is 4.74 Å². The van der Waals surface area contributed by atoms with Gasteiger partial charge in [0.25, 0.3) is 0 Å². The summed E-state index contributed by atoms with van der Waals surface area (Å²) in [5, 5.41) is 9.16. The van der Waals surface area contributed by atoms with E-state index in [0.29, 0.717) is 5.92 Å². The molecule has 1 fully saturated rings. The van der Waals surface area contributed by atoms with Gasteiger partial charge in [-0.05, 0) is 19.3 Å². The van der Waals surface area contributed by atoms with Crippen molar-refractivity contribution in [3.8, 4) is 0 Å². The van der Waals surface area contributed by atoms with E-state index in [1.54, 1.807) is 0 Å². The minimum Gasteiger partial charge on any atom is -0.393 e. The predicted molar refractivity (Wildman–Crippen MR) is 52.7 cm³/mol. The molecule has 0 radical (unpaired) electrons. The highest BCUT2D eigenvalue weighted by molar-refractivity contribution is 4.66. The van der Waals surface area contributed by atoms with E-state index < -0.39 is 0 Å². The molecule has 0 aromatic carbocycles. The third-order valence-corrected chi connectivity index (χ3v) is 2.39. The Morgan fingerprint density at radius 2 is 2.38 bits per heavy atom. The lowest BCUT2D eigenvalue weighted by atomic mass is 10.2. The molecule has 2 atom stereocenters. The van der Waals surface area contributed by atoms with E-state index in [2.05, 4.69) is 11.8 Å². The lowest BCUT2D eigenvalue weighted by Gasteiger charge is -2.21. The Morgan fingerprint density at radius 3 is 3.08 bits per heavy atom. The van der Waals surface area contributed by atoms with Gasteiger partial charge in [-0.2, -0.15) is 0 Å². The highest BCUT2D eigenvalue weighted by Crippen LogP contribution is 2.06. The van der Waals surface area contributed by atoms with Crippen LogP contribution in [0.3, 0.4) is 0 Å². The van der Waals surface area contributed by atoms with Crippen LogP contribution in [0.15, 0.2) is 0 Å². The molecule has 13 heavy (non-hydrogen) atoms. The van der Waals surface area contributed by atoms with Gasteiger partial charge in [-0.25, -0.2) is 0 Å². The van der Waals surface area contributed by atoms with E-state index in [4.69, 9.17) is 9.84 Å². The van der Waals surface area contributed by atoms with Gasteiger partial charge in [0.05, 0.1) is 19.3 Å². The Labute approximate surface area is 80.7 Å². The first-order valence-corrected chi connectivity index (χ1v) is 5.16. The van der Waals surface area contributed by atoms with Gasteiger partial charge in [-0.3, -0.25) is 0 Å². The molecule has 1 rings (SSSR count). The Balaban J connectivity index is 2.22. The van der Waals surface area contributed by atoms with Gasteiger partial charge in [-0.15, -0.1) is 0 Å². The molecule has 0 aliphatic carbocycles. The molecule has 1 N–H and O–H groups in total. The first-order valence-electron chi connectivity index (χ1n) is 5.16. The molecule has 0 amide bonds. The smallest absolute Gasteiger partial charge is 0.0593 e. The van der Waals surface area contributed by atoms with Gasteiger partial charge in [0.2, 0.25) is 0 Å². The SMILES string of the molecule is CC(O)CCN1CCOCC(C)C1. The van der Waals surface area contributed by atoms with Crippen LogP contribution >= 0.6 is 0 Å². The Hall–Kier alpha value is -0.120. The summed E-state index contributed by atoms with van der Waals surface area (Å²) >= 11 is 0. The fraction of sp³-hybridized carbons (Fsp3) is 1.00. The number of nitrogens with zero attached hydrogens (tertiary/aromatic N) is 1. The van der Waals surface area contributed by atoms with Crippen molar-refractivity contribution >= 4 is 0 Å². The largest absolute Gasteiger partial charge is 0.393 e. The van der Waals surface area contributed by atoms with Crippen molar-refractivity contribution in [1.82, 2.24) is 4.90 Å². The lowest BCUT2D eigenvalue weighted by Crippen LogP contribution is -2.31. The fourth-order valence-electron chi connectivity index (χ4n) is 1.64. The quantitative estimate of drug-likeness (QED) is 0.707. The van der Waals surface area contributed by atoms with Gasteiger partial charge in [0.15, 0.2) is 0 Å². The fourth-order valence-corrected chi connectivity index (χ4v) is 1.64. The van der Waals surface area contributed by atoms with E-state index in [0.717, 1.165) is 39.3 Å². The Bertz CT molecular complexity index is 139. The van der Waals surface area contributed by atoms with Crippen LogP contribution in [-0.4, -0.2) is 49.0 Å². The molecule has 1 aliphatic rings. The maximum absolute atomic E-state index is 9.16. The molecule has 0 bridgehead atoms. The molecule has 0 aromatic rings. The van der Waals surface area contributed by atoms with Crippen LogP contribution in [0.4, 0.5) is 0 Å². The third-order valence-electron chi connectivity index (χ3n) is 2.39. The lowest BCUT2D eigenvalue weighted by molar-refractivity contribution is 0.123. The van der Waals surface area contributed by atoms with Crippen molar-refractivity contribution in [3.63, 3.8) is 0 Å². The van der Waals surface area contributed by atoms with Crippen molar-refractivity contribution in [2.75, 3.05) is 32.8 Å². The van der Waals surface area contributed by atoms with E-state index >= 15 is 0 Å². The number of rotatable bonds is 3. The van der Waals surface area contributed by atoms with Crippen LogP contribution in [0, 0.1) is 5.92 Å². The van der Waals surface area contributed by atoms with Crippen LogP contribution in [0.25, 0.3) is 0 Å². The summed E-state index contributed by atoms with van der Waals surface area (Å²) in [6.07, 6.45) is 0.687. The maximum Gasteiger partial charge on any atom is 0.0593 e. The second kappa shape index (κ2) is 5.58. The summed E-state index contributed by atoms with van der Waals surface area (Å²) < 4.78 is 5.44. The van der Waals surface area contributed by atoms with Crippen molar-refractivity contribution in [2.24, 2.45) is 5.92 Å². The summed E-state index contributed by atoms with van der Waals surface area (Å²) in [7, 11) is 0. The first kappa shape index (κ1) is 11.0. The number of ether oxygens (including phenoxy) is 1. The van der Waals surface area contributed by atoms with Gasteiger partial charge in [-0.1, -0.05) is 6.92 Å². The summed E-state index contributed by atoms with van der Waals surface area (Å²) in [4.78, 5) is 2.38. The minimum absolute atomic E-state index is 0.181. The molecule has 1 aliphatic heterocycles. The Morgan fingerprint density at radius 1 is 1.62 bits per heavy atom. The molecular formula is C10H21NO2. The van der Waals surface area contributed by atoms with E-state index in [1.165, 1.54) is 0 Å². The van der Waals surface area contributed by atoms with Crippen molar-refractivity contribution in [2.45, 2.75) is 26.4 Å². The Kier molecular flexibility index (Phi) is 4.70. The molecular weight excluding hydrogens is 166 g/mol. The maximum atomic E-state index is 9.16. The molecule has 0 aromatic heterocycles. The highest BCUT2D eigenvalue weighted by Gasteiger charge is 2.14. The predicted octanol–water partition coefficient (Wildman–Crippen LogP) is 0.726. The zero-order valence-electron chi connectivity index (χ0n) is 8.70. The minimum atomic E-state index is -0.181. The summed E-state index contributed by atoms with van der Waals surface area (Å²) in [5.41, 5.74) is 0. The summed E-state index contributed by atoms with van der Waals surface area (Å²) in [6.45, 7) is 8.88. The standard InChI is InChI=1S/C10H21NO2/c1-9-7-11(4-3-10(2)12)5-6-13-8-9/h9-10,12H,3-8H2,1-2H3. The molecule has 3 nitrogen and oxygen atoms in total. The highest BCUT2D eigenvalue weighted by atomic mass is 16.5. The van der Waals surface area contributed by atoms with Crippen molar-refractivity contribution in [1.29, 1.82) is 0 Å². The number of aliphatic hydroxyl groups is 1. The van der Waals surface area contributed by atoms with Gasteiger partial charge in [0.1, 0.15) is 0 Å². The average molecular weight is 187 g/mol. The van der Waals surface area contributed by atoms with Gasteiger partial charge < -0.3 is 14.7 Å². The van der Waals surface area contributed by atoms with Crippen LogP contribution in [0.1, 0.15) is 20.3 Å². The molecule has 78 valence electrons. The molecule has 0 saturated carbocycles. The van der Waals surface area contributed by atoms with E-state index in [-0.39, 0.29) is 6.10 Å². The molecule has 2 unspecified atom stereocenters. The zero-order chi connectivity index (χ0) is 9.68. The molecule has 1 heterocycles. The first-order chi connectivity index (χ1) is 6.18.